The number of thioether (sulfide) groups is 1. The fraction of sp³-hybridized carbons (Fsp3) is 0.211. The van der Waals surface area contributed by atoms with E-state index in [2.05, 4.69) is 15.5 Å². The fourth-order valence-corrected chi connectivity index (χ4v) is 3.38. The molecule has 5 nitrogen and oxygen atoms in total. The molecule has 3 aromatic rings. The van der Waals surface area contributed by atoms with Crippen LogP contribution in [0.15, 0.2) is 58.2 Å². The standard InChI is InChI=1S/C19H18ClN3O2S/c1-12-7-3-4-8-14(12)18-22-23-19(25-18)26-11-17(24)21-13(2)15-9-5-6-10-16(15)20/h3-10,13H,11H2,1-2H3,(H,21,24)/t13-/m1/s1. The van der Waals surface area contributed by atoms with Gasteiger partial charge in [0.05, 0.1) is 11.8 Å². The Morgan fingerprint density at radius 1 is 1.19 bits per heavy atom. The smallest absolute Gasteiger partial charge is 0.277 e. The number of rotatable bonds is 6. The minimum atomic E-state index is -0.179. The molecule has 1 N–H and O–H groups in total. The number of amides is 1. The molecular weight excluding hydrogens is 370 g/mol. The van der Waals surface area contributed by atoms with Gasteiger partial charge in [-0.1, -0.05) is 59.8 Å². The Morgan fingerprint density at radius 2 is 1.92 bits per heavy atom. The molecule has 0 saturated heterocycles. The zero-order valence-electron chi connectivity index (χ0n) is 14.4. The van der Waals surface area contributed by atoms with Crippen LogP contribution in [0, 0.1) is 6.92 Å². The quantitative estimate of drug-likeness (QED) is 0.622. The SMILES string of the molecule is Cc1ccccc1-c1nnc(SCC(=O)N[C@H](C)c2ccccc2Cl)o1. The summed E-state index contributed by atoms with van der Waals surface area (Å²) in [5.74, 6) is 0.512. The van der Waals surface area contributed by atoms with Gasteiger partial charge < -0.3 is 9.73 Å². The first kappa shape index (κ1) is 18.5. The summed E-state index contributed by atoms with van der Waals surface area (Å²) >= 11 is 7.37. The predicted octanol–water partition coefficient (Wildman–Crippen LogP) is 4.67. The topological polar surface area (TPSA) is 68.0 Å². The van der Waals surface area contributed by atoms with Crippen molar-refractivity contribution in [2.24, 2.45) is 0 Å². The van der Waals surface area contributed by atoms with Gasteiger partial charge in [-0.05, 0) is 37.1 Å². The molecular formula is C19H18ClN3O2S. The molecule has 0 spiro atoms. The van der Waals surface area contributed by atoms with E-state index in [0.717, 1.165) is 16.7 Å². The summed E-state index contributed by atoms with van der Waals surface area (Å²) in [5, 5.41) is 12.0. The minimum Gasteiger partial charge on any atom is -0.411 e. The number of nitrogens with zero attached hydrogens (tertiary/aromatic N) is 2. The van der Waals surface area contributed by atoms with Crippen molar-refractivity contribution < 1.29 is 9.21 Å². The van der Waals surface area contributed by atoms with Gasteiger partial charge in [0, 0.05) is 10.6 Å². The Kier molecular flexibility index (Phi) is 5.96. The molecule has 1 amide bonds. The maximum absolute atomic E-state index is 12.2. The normalized spacial score (nSPS) is 12.0. The van der Waals surface area contributed by atoms with Gasteiger partial charge in [-0.2, -0.15) is 0 Å². The first-order valence-corrected chi connectivity index (χ1v) is 9.47. The third kappa shape index (κ3) is 4.45. The van der Waals surface area contributed by atoms with E-state index >= 15 is 0 Å². The summed E-state index contributed by atoms with van der Waals surface area (Å²) in [5.41, 5.74) is 2.83. The second-order valence-corrected chi connectivity index (χ2v) is 7.12. The number of hydrogen-bond donors (Lipinski definition) is 1. The molecule has 0 aliphatic rings. The summed E-state index contributed by atoms with van der Waals surface area (Å²) in [6.07, 6.45) is 0. The van der Waals surface area contributed by atoms with Crippen molar-refractivity contribution in [1.82, 2.24) is 15.5 Å². The number of aryl methyl sites for hydroxylation is 1. The zero-order chi connectivity index (χ0) is 18.5. The molecule has 26 heavy (non-hydrogen) atoms. The second kappa shape index (κ2) is 8.38. The van der Waals surface area contributed by atoms with Gasteiger partial charge in [-0.25, -0.2) is 0 Å². The maximum atomic E-state index is 12.2. The third-order valence-electron chi connectivity index (χ3n) is 3.86. The number of benzene rings is 2. The van der Waals surface area contributed by atoms with E-state index in [0.29, 0.717) is 16.1 Å². The second-order valence-electron chi connectivity index (χ2n) is 5.79. The summed E-state index contributed by atoms with van der Waals surface area (Å²) in [7, 11) is 0. The van der Waals surface area contributed by atoms with Crippen LogP contribution in [0.25, 0.3) is 11.5 Å². The van der Waals surface area contributed by atoms with E-state index in [1.807, 2.05) is 56.3 Å². The first-order chi connectivity index (χ1) is 12.5. The molecule has 0 saturated carbocycles. The van der Waals surface area contributed by atoms with Gasteiger partial charge in [0.15, 0.2) is 0 Å². The molecule has 0 fully saturated rings. The molecule has 1 aromatic heterocycles. The van der Waals surface area contributed by atoms with Gasteiger partial charge in [0.1, 0.15) is 0 Å². The fourth-order valence-electron chi connectivity index (χ4n) is 2.50. The highest BCUT2D eigenvalue weighted by atomic mass is 35.5. The van der Waals surface area contributed by atoms with Crippen molar-refractivity contribution >= 4 is 29.3 Å². The molecule has 134 valence electrons. The number of nitrogens with one attached hydrogen (secondary N) is 1. The lowest BCUT2D eigenvalue weighted by atomic mass is 10.1. The number of carbonyl (C=O) groups is 1. The van der Waals surface area contributed by atoms with Crippen LogP contribution < -0.4 is 5.32 Å². The average molecular weight is 388 g/mol. The number of hydrogen-bond acceptors (Lipinski definition) is 5. The van der Waals surface area contributed by atoms with Gasteiger partial charge in [0.25, 0.3) is 5.22 Å². The van der Waals surface area contributed by atoms with Crippen LogP contribution in [0.1, 0.15) is 24.1 Å². The summed E-state index contributed by atoms with van der Waals surface area (Å²) < 4.78 is 5.65. The number of carbonyl (C=O) groups excluding carboxylic acids is 1. The van der Waals surface area contributed by atoms with E-state index in [-0.39, 0.29) is 17.7 Å². The van der Waals surface area contributed by atoms with E-state index < -0.39 is 0 Å². The molecule has 0 radical (unpaired) electrons. The van der Waals surface area contributed by atoms with Crippen molar-refractivity contribution in [3.8, 4) is 11.5 Å². The molecule has 0 aliphatic carbocycles. The van der Waals surface area contributed by atoms with Gasteiger partial charge in [-0.3, -0.25) is 4.79 Å². The molecule has 2 aromatic carbocycles. The van der Waals surface area contributed by atoms with E-state index in [1.54, 1.807) is 6.07 Å². The Bertz CT molecular complexity index is 913. The largest absolute Gasteiger partial charge is 0.411 e. The third-order valence-corrected chi connectivity index (χ3v) is 5.02. The van der Waals surface area contributed by atoms with Crippen LogP contribution in [-0.2, 0) is 4.79 Å². The van der Waals surface area contributed by atoms with Crippen LogP contribution in [0.5, 0.6) is 0 Å². The molecule has 0 bridgehead atoms. The van der Waals surface area contributed by atoms with Gasteiger partial charge in [0.2, 0.25) is 11.8 Å². The van der Waals surface area contributed by atoms with Crippen molar-refractivity contribution in [1.29, 1.82) is 0 Å². The van der Waals surface area contributed by atoms with Gasteiger partial charge >= 0.3 is 0 Å². The Labute approximate surface area is 161 Å². The predicted molar refractivity (Wildman–Crippen MR) is 103 cm³/mol. The van der Waals surface area contributed by atoms with E-state index in [9.17, 15) is 4.79 Å². The summed E-state index contributed by atoms with van der Waals surface area (Å²) in [4.78, 5) is 12.2. The van der Waals surface area contributed by atoms with Crippen molar-refractivity contribution in [2.45, 2.75) is 25.1 Å². The molecule has 3 rings (SSSR count). The summed E-state index contributed by atoms with van der Waals surface area (Å²) in [6.45, 7) is 3.88. The monoisotopic (exact) mass is 387 g/mol. The molecule has 7 heteroatoms. The maximum Gasteiger partial charge on any atom is 0.277 e. The lowest BCUT2D eigenvalue weighted by molar-refractivity contribution is -0.119. The van der Waals surface area contributed by atoms with Crippen molar-refractivity contribution in [3.05, 3.63) is 64.7 Å². The highest BCUT2D eigenvalue weighted by Gasteiger charge is 2.15. The Morgan fingerprint density at radius 3 is 2.69 bits per heavy atom. The first-order valence-electron chi connectivity index (χ1n) is 8.10. The van der Waals surface area contributed by atoms with Gasteiger partial charge in [-0.15, -0.1) is 10.2 Å². The lowest BCUT2D eigenvalue weighted by Gasteiger charge is -2.15. The Balaban J connectivity index is 1.57. The van der Waals surface area contributed by atoms with Crippen LogP contribution >= 0.6 is 23.4 Å². The average Bonchev–Trinajstić information content (AvgIpc) is 3.09. The molecule has 1 heterocycles. The zero-order valence-corrected chi connectivity index (χ0v) is 16.0. The lowest BCUT2D eigenvalue weighted by Crippen LogP contribution is -2.28. The highest BCUT2D eigenvalue weighted by molar-refractivity contribution is 7.99. The van der Waals surface area contributed by atoms with E-state index in [4.69, 9.17) is 16.0 Å². The number of aromatic nitrogens is 2. The van der Waals surface area contributed by atoms with Crippen molar-refractivity contribution in [3.63, 3.8) is 0 Å². The van der Waals surface area contributed by atoms with Crippen LogP contribution in [0.3, 0.4) is 0 Å². The molecule has 0 unspecified atom stereocenters. The van der Waals surface area contributed by atoms with Crippen LogP contribution in [0.4, 0.5) is 0 Å². The number of halogens is 1. The molecule has 1 atom stereocenters. The molecule has 0 aliphatic heterocycles. The minimum absolute atomic E-state index is 0.127. The van der Waals surface area contributed by atoms with Crippen LogP contribution in [-0.4, -0.2) is 21.9 Å². The van der Waals surface area contributed by atoms with E-state index in [1.165, 1.54) is 11.8 Å². The van der Waals surface area contributed by atoms with Crippen LogP contribution in [0.2, 0.25) is 5.02 Å². The summed E-state index contributed by atoms with van der Waals surface area (Å²) in [6, 6.07) is 15.1. The Hall–Kier alpha value is -2.31. The highest BCUT2D eigenvalue weighted by Crippen LogP contribution is 2.26. The van der Waals surface area contributed by atoms with Crippen molar-refractivity contribution in [2.75, 3.05) is 5.75 Å².